The van der Waals surface area contributed by atoms with E-state index in [-0.39, 0.29) is 5.91 Å². The Morgan fingerprint density at radius 3 is 2.26 bits per heavy atom. The van der Waals surface area contributed by atoms with Crippen LogP contribution in [-0.4, -0.2) is 11.7 Å². The molecule has 0 bridgehead atoms. The standard InChI is InChI=1S/C24H20N2O/c1-17-11-13-20(14-12-17)23-25-22(16-19-8-4-3-5-9-19)24(27)26(23)21-10-6-7-18(2)15-21/h3-16H,1-2H3/b22-16-. The maximum absolute atomic E-state index is 13.2. The smallest absolute Gasteiger partial charge is 0.266 e. The maximum Gasteiger partial charge on any atom is 0.282 e. The quantitative estimate of drug-likeness (QED) is 0.601. The molecule has 0 unspecified atom stereocenters. The third-order valence-corrected chi connectivity index (χ3v) is 4.53. The van der Waals surface area contributed by atoms with Crippen molar-refractivity contribution in [3.05, 3.63) is 107 Å². The molecule has 1 aliphatic heterocycles. The van der Waals surface area contributed by atoms with Crippen molar-refractivity contribution in [2.24, 2.45) is 4.99 Å². The Hall–Kier alpha value is -3.46. The summed E-state index contributed by atoms with van der Waals surface area (Å²) in [5.41, 5.74) is 5.43. The SMILES string of the molecule is Cc1ccc(C2=N/C(=C\c3ccccc3)C(=O)N2c2cccc(C)c2)cc1. The van der Waals surface area contributed by atoms with Gasteiger partial charge in [0.25, 0.3) is 5.91 Å². The number of benzene rings is 3. The zero-order valence-electron chi connectivity index (χ0n) is 15.4. The zero-order chi connectivity index (χ0) is 18.8. The van der Waals surface area contributed by atoms with E-state index in [1.165, 1.54) is 5.56 Å². The molecule has 132 valence electrons. The van der Waals surface area contributed by atoms with Gasteiger partial charge in [-0.3, -0.25) is 9.69 Å². The lowest BCUT2D eigenvalue weighted by molar-refractivity contribution is -0.113. The number of aryl methyl sites for hydroxylation is 2. The van der Waals surface area contributed by atoms with Crippen LogP contribution in [0, 0.1) is 13.8 Å². The molecule has 3 nitrogen and oxygen atoms in total. The highest BCUT2D eigenvalue weighted by Crippen LogP contribution is 2.28. The summed E-state index contributed by atoms with van der Waals surface area (Å²) in [6.07, 6.45) is 1.84. The molecule has 0 aliphatic carbocycles. The third kappa shape index (κ3) is 3.44. The molecule has 1 aliphatic rings. The fraction of sp³-hybridized carbons (Fsp3) is 0.0833. The first-order valence-electron chi connectivity index (χ1n) is 8.95. The predicted molar refractivity (Wildman–Crippen MR) is 111 cm³/mol. The van der Waals surface area contributed by atoms with Gasteiger partial charge in [-0.15, -0.1) is 0 Å². The number of amidine groups is 1. The number of amides is 1. The summed E-state index contributed by atoms with van der Waals surface area (Å²) in [6.45, 7) is 4.07. The van der Waals surface area contributed by atoms with Gasteiger partial charge in [-0.25, -0.2) is 4.99 Å². The molecule has 0 saturated carbocycles. The fourth-order valence-electron chi connectivity index (χ4n) is 3.13. The van der Waals surface area contributed by atoms with Gasteiger partial charge in [0.15, 0.2) is 0 Å². The van der Waals surface area contributed by atoms with Crippen LogP contribution in [0.2, 0.25) is 0 Å². The highest BCUT2D eigenvalue weighted by molar-refractivity contribution is 6.33. The predicted octanol–water partition coefficient (Wildman–Crippen LogP) is 5.14. The summed E-state index contributed by atoms with van der Waals surface area (Å²) in [4.78, 5) is 19.6. The van der Waals surface area contributed by atoms with Crippen molar-refractivity contribution in [2.45, 2.75) is 13.8 Å². The van der Waals surface area contributed by atoms with Crippen molar-refractivity contribution in [3.63, 3.8) is 0 Å². The van der Waals surface area contributed by atoms with Crippen molar-refractivity contribution in [3.8, 4) is 0 Å². The van der Waals surface area contributed by atoms with Gasteiger partial charge in [-0.2, -0.15) is 0 Å². The second-order valence-corrected chi connectivity index (χ2v) is 6.72. The van der Waals surface area contributed by atoms with Crippen molar-refractivity contribution < 1.29 is 4.79 Å². The lowest BCUT2D eigenvalue weighted by Gasteiger charge is -2.19. The van der Waals surface area contributed by atoms with Crippen molar-refractivity contribution in [2.75, 3.05) is 4.90 Å². The first kappa shape index (κ1) is 17.0. The zero-order valence-corrected chi connectivity index (χ0v) is 15.4. The summed E-state index contributed by atoms with van der Waals surface area (Å²) < 4.78 is 0. The Labute approximate surface area is 159 Å². The van der Waals surface area contributed by atoms with Crippen LogP contribution in [0.1, 0.15) is 22.3 Å². The number of hydrogen-bond donors (Lipinski definition) is 0. The minimum Gasteiger partial charge on any atom is -0.266 e. The average Bonchev–Trinajstić information content (AvgIpc) is 2.99. The molecule has 3 aromatic carbocycles. The van der Waals surface area contributed by atoms with E-state index in [0.717, 1.165) is 22.4 Å². The molecule has 0 spiro atoms. The summed E-state index contributed by atoms with van der Waals surface area (Å²) in [7, 11) is 0. The van der Waals surface area contributed by atoms with Crippen LogP contribution in [0.3, 0.4) is 0 Å². The third-order valence-electron chi connectivity index (χ3n) is 4.53. The molecule has 4 rings (SSSR count). The number of aliphatic imine (C=N–C) groups is 1. The van der Waals surface area contributed by atoms with Gasteiger partial charge in [0.05, 0.1) is 5.69 Å². The molecular formula is C24H20N2O. The van der Waals surface area contributed by atoms with Crippen LogP contribution in [0.25, 0.3) is 6.08 Å². The Morgan fingerprint density at radius 1 is 0.815 bits per heavy atom. The van der Waals surface area contributed by atoms with Crippen LogP contribution >= 0.6 is 0 Å². The molecule has 0 saturated heterocycles. The van der Waals surface area contributed by atoms with Crippen LogP contribution < -0.4 is 4.90 Å². The Balaban J connectivity index is 1.84. The molecule has 0 atom stereocenters. The molecule has 1 heterocycles. The summed E-state index contributed by atoms with van der Waals surface area (Å²) in [5.74, 6) is 0.549. The van der Waals surface area contributed by atoms with Gasteiger partial charge in [-0.1, -0.05) is 72.3 Å². The molecule has 3 aromatic rings. The minimum atomic E-state index is -0.111. The van der Waals surface area contributed by atoms with Crippen molar-refractivity contribution >= 4 is 23.5 Å². The lowest BCUT2D eigenvalue weighted by Crippen LogP contribution is -2.32. The molecule has 3 heteroatoms. The minimum absolute atomic E-state index is 0.111. The van der Waals surface area contributed by atoms with Gasteiger partial charge < -0.3 is 0 Å². The van der Waals surface area contributed by atoms with E-state index in [0.29, 0.717) is 11.5 Å². The Morgan fingerprint density at radius 2 is 1.56 bits per heavy atom. The first-order valence-corrected chi connectivity index (χ1v) is 8.95. The van der Waals surface area contributed by atoms with Gasteiger partial charge in [0.2, 0.25) is 0 Å². The van der Waals surface area contributed by atoms with Crippen LogP contribution in [-0.2, 0) is 4.79 Å². The number of nitrogens with zero attached hydrogens (tertiary/aromatic N) is 2. The lowest BCUT2D eigenvalue weighted by atomic mass is 10.1. The van der Waals surface area contributed by atoms with Crippen LogP contribution in [0.15, 0.2) is 89.6 Å². The molecule has 0 aromatic heterocycles. The normalized spacial score (nSPS) is 15.3. The molecule has 0 radical (unpaired) electrons. The number of carbonyl (C=O) groups is 1. The second kappa shape index (κ2) is 7.04. The van der Waals surface area contributed by atoms with Crippen molar-refractivity contribution in [1.29, 1.82) is 0 Å². The molecule has 0 fully saturated rings. The highest BCUT2D eigenvalue weighted by atomic mass is 16.2. The Bertz CT molecular complexity index is 1050. The molecule has 0 N–H and O–H groups in total. The topological polar surface area (TPSA) is 32.7 Å². The van der Waals surface area contributed by atoms with E-state index in [4.69, 9.17) is 4.99 Å². The van der Waals surface area contributed by atoms with Gasteiger partial charge >= 0.3 is 0 Å². The first-order chi connectivity index (χ1) is 13.1. The van der Waals surface area contributed by atoms with E-state index in [1.807, 2.05) is 98.8 Å². The Kier molecular flexibility index (Phi) is 4.43. The largest absolute Gasteiger partial charge is 0.282 e. The van der Waals surface area contributed by atoms with Crippen molar-refractivity contribution in [1.82, 2.24) is 0 Å². The van der Waals surface area contributed by atoms with Gasteiger partial charge in [-0.05, 0) is 43.2 Å². The second-order valence-electron chi connectivity index (χ2n) is 6.72. The number of rotatable bonds is 3. The van der Waals surface area contributed by atoms with E-state index >= 15 is 0 Å². The van der Waals surface area contributed by atoms with E-state index in [2.05, 4.69) is 0 Å². The van der Waals surface area contributed by atoms with Crippen LogP contribution in [0.5, 0.6) is 0 Å². The van der Waals surface area contributed by atoms with E-state index in [9.17, 15) is 4.79 Å². The maximum atomic E-state index is 13.2. The molecule has 1 amide bonds. The number of hydrogen-bond acceptors (Lipinski definition) is 2. The number of carbonyl (C=O) groups excluding carboxylic acids is 1. The van der Waals surface area contributed by atoms with E-state index in [1.54, 1.807) is 4.90 Å². The van der Waals surface area contributed by atoms with Gasteiger partial charge in [0.1, 0.15) is 11.5 Å². The average molecular weight is 352 g/mol. The summed E-state index contributed by atoms with van der Waals surface area (Å²) >= 11 is 0. The van der Waals surface area contributed by atoms with Crippen LogP contribution in [0.4, 0.5) is 5.69 Å². The van der Waals surface area contributed by atoms with E-state index < -0.39 is 0 Å². The summed E-state index contributed by atoms with van der Waals surface area (Å²) in [5, 5.41) is 0. The molecular weight excluding hydrogens is 332 g/mol. The number of anilines is 1. The summed E-state index contributed by atoms with van der Waals surface area (Å²) in [6, 6.07) is 25.8. The monoisotopic (exact) mass is 352 g/mol. The highest BCUT2D eigenvalue weighted by Gasteiger charge is 2.32. The van der Waals surface area contributed by atoms with Gasteiger partial charge in [0, 0.05) is 5.56 Å². The molecule has 27 heavy (non-hydrogen) atoms. The fourth-order valence-corrected chi connectivity index (χ4v) is 3.13.